The molecule has 1 amide bonds. The van der Waals surface area contributed by atoms with Gasteiger partial charge in [-0.3, -0.25) is 9.69 Å². The van der Waals surface area contributed by atoms with Crippen molar-refractivity contribution in [3.63, 3.8) is 0 Å². The van der Waals surface area contributed by atoms with Gasteiger partial charge < -0.3 is 19.3 Å². The summed E-state index contributed by atoms with van der Waals surface area (Å²) < 4.78 is 16.4. The Morgan fingerprint density at radius 1 is 1.24 bits per heavy atom. The zero-order valence-electron chi connectivity index (χ0n) is 20.0. The van der Waals surface area contributed by atoms with Gasteiger partial charge in [0.25, 0.3) is 0 Å². The Balaban J connectivity index is 1.25. The molecule has 3 aromatic rings. The molecular formula is C26H32N4O4. The second-order valence-electron chi connectivity index (χ2n) is 8.85. The Labute approximate surface area is 200 Å². The van der Waals surface area contributed by atoms with E-state index >= 15 is 0 Å². The third kappa shape index (κ3) is 6.35. The molecule has 1 saturated heterocycles. The Morgan fingerprint density at radius 3 is 2.79 bits per heavy atom. The summed E-state index contributed by atoms with van der Waals surface area (Å²) in [4.78, 5) is 19.6. The highest BCUT2D eigenvalue weighted by molar-refractivity contribution is 5.79. The number of methoxy groups -OCH3 is 1. The van der Waals surface area contributed by atoms with Crippen LogP contribution in [-0.2, 0) is 11.3 Å². The summed E-state index contributed by atoms with van der Waals surface area (Å²) in [5, 5.41) is 7.22. The Hall–Kier alpha value is -3.39. The minimum Gasteiger partial charge on any atom is -0.497 e. The quantitative estimate of drug-likeness (QED) is 0.514. The van der Waals surface area contributed by atoms with Gasteiger partial charge in [0.05, 0.1) is 25.6 Å². The first-order chi connectivity index (χ1) is 16.5. The molecule has 2 heterocycles. The number of likely N-dealkylation sites (tertiary alicyclic amines) is 1. The minimum atomic E-state index is -0.0993. The first-order valence-electron chi connectivity index (χ1n) is 11.7. The van der Waals surface area contributed by atoms with Gasteiger partial charge in [-0.05, 0) is 63.6 Å². The van der Waals surface area contributed by atoms with Crippen molar-refractivity contribution in [1.29, 1.82) is 0 Å². The van der Waals surface area contributed by atoms with E-state index in [1.807, 2.05) is 62.4 Å². The van der Waals surface area contributed by atoms with E-state index in [4.69, 9.17) is 14.0 Å². The van der Waals surface area contributed by atoms with E-state index in [0.29, 0.717) is 31.4 Å². The normalized spacial score (nSPS) is 17.2. The van der Waals surface area contributed by atoms with Crippen molar-refractivity contribution in [3.05, 3.63) is 60.0 Å². The van der Waals surface area contributed by atoms with Gasteiger partial charge in [-0.25, -0.2) is 0 Å². The average molecular weight is 465 g/mol. The average Bonchev–Trinajstić information content (AvgIpc) is 3.32. The second-order valence-corrected chi connectivity index (χ2v) is 8.85. The lowest BCUT2D eigenvalue weighted by molar-refractivity contribution is -0.127. The smallest absolute Gasteiger partial charge is 0.241 e. The number of benzene rings is 2. The van der Waals surface area contributed by atoms with E-state index in [1.54, 1.807) is 7.11 Å². The number of nitrogens with one attached hydrogen (secondary N) is 1. The fourth-order valence-electron chi connectivity index (χ4n) is 4.12. The molecule has 0 bridgehead atoms. The van der Waals surface area contributed by atoms with Crippen LogP contribution in [-0.4, -0.2) is 53.8 Å². The van der Waals surface area contributed by atoms with Crippen LogP contribution in [0.25, 0.3) is 11.4 Å². The molecule has 2 unspecified atom stereocenters. The molecular weight excluding hydrogens is 432 g/mol. The van der Waals surface area contributed by atoms with Crippen molar-refractivity contribution in [2.75, 3.05) is 26.8 Å². The maximum absolute atomic E-state index is 12.9. The van der Waals surface area contributed by atoms with Crippen LogP contribution in [0.15, 0.2) is 53.1 Å². The minimum absolute atomic E-state index is 0.0570. The van der Waals surface area contributed by atoms with Crippen molar-refractivity contribution in [2.24, 2.45) is 5.92 Å². The summed E-state index contributed by atoms with van der Waals surface area (Å²) in [6.07, 6.45) is 1.82. The lowest BCUT2D eigenvalue weighted by atomic mass is 9.97. The number of amides is 1. The van der Waals surface area contributed by atoms with Crippen LogP contribution in [0.5, 0.6) is 11.5 Å². The fourth-order valence-corrected chi connectivity index (χ4v) is 4.12. The molecule has 1 aliphatic rings. The molecule has 8 nitrogen and oxygen atoms in total. The predicted molar refractivity (Wildman–Crippen MR) is 129 cm³/mol. The van der Waals surface area contributed by atoms with Crippen LogP contribution in [0.1, 0.15) is 31.2 Å². The number of carbonyl (C=O) groups is 1. The third-order valence-corrected chi connectivity index (χ3v) is 5.93. The van der Waals surface area contributed by atoms with E-state index in [0.717, 1.165) is 42.0 Å². The summed E-state index contributed by atoms with van der Waals surface area (Å²) in [7, 11) is 1.63. The lowest BCUT2D eigenvalue weighted by Crippen LogP contribution is -2.46. The Bertz CT molecular complexity index is 1080. The standard InChI is InChI=1S/C26H32N4O4/c1-18-6-4-7-20(14-18)25-28-24(34-29-25)16-30-13-5-8-21(15-30)26(31)27-19(2)17-33-23-11-9-22(32-3)10-12-23/h4,6-7,9-12,14,19,21H,5,8,13,15-17H2,1-3H3,(H,27,31). The zero-order valence-corrected chi connectivity index (χ0v) is 20.0. The molecule has 8 heteroatoms. The molecule has 0 aliphatic carbocycles. The van der Waals surface area contributed by atoms with Gasteiger partial charge >= 0.3 is 0 Å². The van der Waals surface area contributed by atoms with Crippen LogP contribution in [0.2, 0.25) is 0 Å². The van der Waals surface area contributed by atoms with E-state index in [2.05, 4.69) is 20.4 Å². The van der Waals surface area contributed by atoms with E-state index in [-0.39, 0.29) is 17.9 Å². The summed E-state index contributed by atoms with van der Waals surface area (Å²) in [6, 6.07) is 15.3. The van der Waals surface area contributed by atoms with Crippen molar-refractivity contribution in [3.8, 4) is 22.9 Å². The second kappa shape index (κ2) is 11.2. The first-order valence-corrected chi connectivity index (χ1v) is 11.7. The summed E-state index contributed by atoms with van der Waals surface area (Å²) >= 11 is 0. The SMILES string of the molecule is COc1ccc(OCC(C)NC(=O)C2CCCN(Cc3nc(-c4cccc(C)c4)no3)C2)cc1. The van der Waals surface area contributed by atoms with Gasteiger partial charge in [-0.15, -0.1) is 0 Å². The van der Waals surface area contributed by atoms with Crippen LogP contribution < -0.4 is 14.8 Å². The van der Waals surface area contributed by atoms with E-state index in [9.17, 15) is 4.79 Å². The van der Waals surface area contributed by atoms with Gasteiger partial charge in [0.2, 0.25) is 17.6 Å². The molecule has 2 atom stereocenters. The van der Waals surface area contributed by atoms with Crippen LogP contribution in [0.4, 0.5) is 0 Å². The van der Waals surface area contributed by atoms with Crippen molar-refractivity contribution >= 4 is 5.91 Å². The topological polar surface area (TPSA) is 89.7 Å². The molecule has 0 spiro atoms. The van der Waals surface area contributed by atoms with Crippen LogP contribution in [0.3, 0.4) is 0 Å². The molecule has 1 aliphatic heterocycles. The lowest BCUT2D eigenvalue weighted by Gasteiger charge is -2.31. The molecule has 1 fully saturated rings. The number of aromatic nitrogens is 2. The summed E-state index contributed by atoms with van der Waals surface area (Å²) in [5.41, 5.74) is 2.09. The predicted octanol–water partition coefficient (Wildman–Crippen LogP) is 3.85. The number of nitrogens with zero attached hydrogens (tertiary/aromatic N) is 3. The zero-order chi connectivity index (χ0) is 23.9. The van der Waals surface area contributed by atoms with Crippen LogP contribution >= 0.6 is 0 Å². The van der Waals surface area contributed by atoms with Gasteiger partial charge in [0.1, 0.15) is 18.1 Å². The highest BCUT2D eigenvalue weighted by atomic mass is 16.5. The van der Waals surface area contributed by atoms with Gasteiger partial charge in [0, 0.05) is 12.1 Å². The number of aryl methyl sites for hydroxylation is 1. The molecule has 1 N–H and O–H groups in total. The Morgan fingerprint density at radius 2 is 2.03 bits per heavy atom. The summed E-state index contributed by atoms with van der Waals surface area (Å²) in [5.74, 6) is 2.67. The van der Waals surface area contributed by atoms with E-state index in [1.165, 1.54) is 0 Å². The number of carbonyl (C=O) groups excluding carboxylic acids is 1. The third-order valence-electron chi connectivity index (χ3n) is 5.93. The van der Waals surface area contributed by atoms with E-state index < -0.39 is 0 Å². The number of rotatable bonds is 9. The van der Waals surface area contributed by atoms with Crippen molar-refractivity contribution < 1.29 is 18.8 Å². The highest BCUT2D eigenvalue weighted by Crippen LogP contribution is 2.21. The maximum Gasteiger partial charge on any atom is 0.241 e. The molecule has 34 heavy (non-hydrogen) atoms. The summed E-state index contributed by atoms with van der Waals surface area (Å²) in [6.45, 7) is 6.50. The fraction of sp³-hybridized carbons (Fsp3) is 0.423. The van der Waals surface area contributed by atoms with Gasteiger partial charge in [0.15, 0.2) is 0 Å². The molecule has 180 valence electrons. The molecule has 1 aromatic heterocycles. The van der Waals surface area contributed by atoms with Crippen molar-refractivity contribution in [2.45, 2.75) is 39.3 Å². The molecule has 2 aromatic carbocycles. The highest BCUT2D eigenvalue weighted by Gasteiger charge is 2.27. The Kier molecular flexibility index (Phi) is 7.80. The molecule has 0 radical (unpaired) electrons. The van der Waals surface area contributed by atoms with Crippen molar-refractivity contribution in [1.82, 2.24) is 20.4 Å². The first kappa shape index (κ1) is 23.8. The number of hydrogen-bond donors (Lipinski definition) is 1. The maximum atomic E-state index is 12.9. The molecule has 4 rings (SSSR count). The monoisotopic (exact) mass is 464 g/mol. The number of ether oxygens (including phenoxy) is 2. The van der Waals surface area contributed by atoms with Gasteiger partial charge in [-0.1, -0.05) is 28.9 Å². The van der Waals surface area contributed by atoms with Gasteiger partial charge in [-0.2, -0.15) is 4.98 Å². The number of piperidine rings is 1. The van der Waals surface area contributed by atoms with Crippen LogP contribution in [0, 0.1) is 12.8 Å². The number of hydrogen-bond acceptors (Lipinski definition) is 7. The molecule has 0 saturated carbocycles. The largest absolute Gasteiger partial charge is 0.497 e.